The van der Waals surface area contributed by atoms with Crippen LogP contribution in [0.3, 0.4) is 0 Å². The van der Waals surface area contributed by atoms with Gasteiger partial charge in [0.15, 0.2) is 5.16 Å². The number of carbonyl (C=O) groups is 1. The molecule has 1 aromatic heterocycles. The summed E-state index contributed by atoms with van der Waals surface area (Å²) in [7, 11) is 1.89. The zero-order chi connectivity index (χ0) is 15.4. The molecule has 2 aromatic rings. The maximum absolute atomic E-state index is 12.0. The van der Waals surface area contributed by atoms with E-state index in [2.05, 4.69) is 10.3 Å². The number of nitrogens with zero attached hydrogens (tertiary/aromatic N) is 2. The summed E-state index contributed by atoms with van der Waals surface area (Å²) in [5.41, 5.74) is 0.844. The zero-order valence-electron chi connectivity index (χ0n) is 11.6. The molecule has 2 rings (SSSR count). The van der Waals surface area contributed by atoms with E-state index in [1.54, 1.807) is 18.3 Å². The number of carbonyl (C=O) groups excluding carboxylic acids is 1. The lowest BCUT2D eigenvalue weighted by molar-refractivity contribution is -0.119. The summed E-state index contributed by atoms with van der Waals surface area (Å²) in [5.74, 6) is 0.238. The molecule has 0 saturated heterocycles. The summed E-state index contributed by atoms with van der Waals surface area (Å²) in [4.78, 5) is 16.1. The Morgan fingerprint density at radius 1 is 1.48 bits per heavy atom. The highest BCUT2D eigenvalue weighted by molar-refractivity contribution is 7.99. The van der Waals surface area contributed by atoms with Crippen LogP contribution in [-0.4, -0.2) is 21.2 Å². The average Bonchev–Trinajstić information content (AvgIpc) is 2.81. The minimum absolute atomic E-state index is 0.0680. The Balaban J connectivity index is 1.91. The van der Waals surface area contributed by atoms with Crippen molar-refractivity contribution in [2.45, 2.75) is 18.1 Å². The van der Waals surface area contributed by atoms with Gasteiger partial charge in [-0.25, -0.2) is 4.98 Å². The van der Waals surface area contributed by atoms with E-state index in [0.29, 0.717) is 15.8 Å². The molecule has 0 aliphatic heterocycles. The fourth-order valence-electron chi connectivity index (χ4n) is 1.83. The number of aryl methyl sites for hydroxylation is 1. The van der Waals surface area contributed by atoms with E-state index >= 15 is 0 Å². The molecule has 0 aliphatic rings. The zero-order valence-corrected chi connectivity index (χ0v) is 14.0. The number of imidazole rings is 1. The van der Waals surface area contributed by atoms with Crippen LogP contribution in [0.15, 0.2) is 35.7 Å². The molecule has 1 heterocycles. The number of hydrogen-bond acceptors (Lipinski definition) is 3. The van der Waals surface area contributed by atoms with Gasteiger partial charge in [-0.1, -0.05) is 41.0 Å². The first kappa shape index (κ1) is 16.2. The summed E-state index contributed by atoms with van der Waals surface area (Å²) in [6.45, 7) is 1.89. The molecule has 4 nitrogen and oxygen atoms in total. The molecular formula is C14H15Cl2N3OS. The molecular weight excluding hydrogens is 329 g/mol. The van der Waals surface area contributed by atoms with Crippen LogP contribution in [0.25, 0.3) is 0 Å². The number of amides is 1. The van der Waals surface area contributed by atoms with Gasteiger partial charge in [0.2, 0.25) is 5.91 Å². The Bertz CT molecular complexity index is 645. The number of halogens is 2. The van der Waals surface area contributed by atoms with Crippen molar-refractivity contribution in [2.75, 3.05) is 5.75 Å². The van der Waals surface area contributed by atoms with Gasteiger partial charge in [0.1, 0.15) is 0 Å². The van der Waals surface area contributed by atoms with Gasteiger partial charge in [-0.2, -0.15) is 0 Å². The van der Waals surface area contributed by atoms with Gasteiger partial charge < -0.3 is 9.88 Å². The van der Waals surface area contributed by atoms with Crippen LogP contribution >= 0.6 is 35.0 Å². The molecule has 1 atom stereocenters. The van der Waals surface area contributed by atoms with Gasteiger partial charge in [0.25, 0.3) is 0 Å². The first-order valence-corrected chi connectivity index (χ1v) is 8.06. The molecule has 0 radical (unpaired) electrons. The molecule has 21 heavy (non-hydrogen) atoms. The minimum atomic E-state index is -0.177. The number of nitrogens with one attached hydrogen (secondary N) is 1. The van der Waals surface area contributed by atoms with E-state index in [1.165, 1.54) is 11.8 Å². The number of benzene rings is 1. The first-order valence-electron chi connectivity index (χ1n) is 6.32. The van der Waals surface area contributed by atoms with E-state index in [-0.39, 0.29) is 11.9 Å². The third-order valence-corrected chi connectivity index (χ3v) is 4.54. The summed E-state index contributed by atoms with van der Waals surface area (Å²) in [5, 5.41) is 4.85. The van der Waals surface area contributed by atoms with E-state index in [4.69, 9.17) is 23.2 Å². The lowest BCUT2D eigenvalue weighted by Gasteiger charge is -2.15. The molecule has 112 valence electrons. The predicted molar refractivity (Wildman–Crippen MR) is 87.0 cm³/mol. The quantitative estimate of drug-likeness (QED) is 0.842. The maximum Gasteiger partial charge on any atom is 0.230 e. The first-order chi connectivity index (χ1) is 9.97. The number of hydrogen-bond donors (Lipinski definition) is 1. The SMILES string of the molecule is CC(NC(=O)CSc1nccn1C)c1ccc(Cl)cc1Cl. The fraction of sp³-hybridized carbons (Fsp3) is 0.286. The van der Waals surface area contributed by atoms with Gasteiger partial charge in [0.05, 0.1) is 11.8 Å². The smallest absolute Gasteiger partial charge is 0.230 e. The monoisotopic (exact) mass is 343 g/mol. The summed E-state index contributed by atoms with van der Waals surface area (Å²) >= 11 is 13.4. The van der Waals surface area contributed by atoms with Crippen molar-refractivity contribution in [1.29, 1.82) is 0 Å². The predicted octanol–water partition coefficient (Wildman–Crippen LogP) is 3.70. The topological polar surface area (TPSA) is 46.9 Å². The van der Waals surface area contributed by atoms with E-state index in [0.717, 1.165) is 10.7 Å². The fourth-order valence-corrected chi connectivity index (χ4v) is 3.15. The minimum Gasteiger partial charge on any atom is -0.349 e. The number of aromatic nitrogens is 2. The van der Waals surface area contributed by atoms with Crippen LogP contribution < -0.4 is 5.32 Å². The van der Waals surface area contributed by atoms with Crippen LogP contribution in [0.1, 0.15) is 18.5 Å². The molecule has 1 aromatic carbocycles. The van der Waals surface area contributed by atoms with Crippen molar-refractivity contribution in [3.8, 4) is 0 Å². The van der Waals surface area contributed by atoms with Crippen LogP contribution in [0.4, 0.5) is 0 Å². The molecule has 1 amide bonds. The standard InChI is InChI=1S/C14H15Cl2N3OS/c1-9(11-4-3-10(15)7-12(11)16)18-13(20)8-21-14-17-5-6-19(14)2/h3-7,9H,8H2,1-2H3,(H,18,20). The molecule has 0 saturated carbocycles. The van der Waals surface area contributed by atoms with Gasteiger partial charge in [-0.05, 0) is 24.6 Å². The highest BCUT2D eigenvalue weighted by Crippen LogP contribution is 2.26. The molecule has 1 N–H and O–H groups in total. The number of thioether (sulfide) groups is 1. The third-order valence-electron chi connectivity index (χ3n) is 2.92. The van der Waals surface area contributed by atoms with Gasteiger partial charge >= 0.3 is 0 Å². The second-order valence-electron chi connectivity index (χ2n) is 4.56. The van der Waals surface area contributed by atoms with Crippen molar-refractivity contribution < 1.29 is 4.79 Å². The summed E-state index contributed by atoms with van der Waals surface area (Å²) < 4.78 is 1.87. The van der Waals surface area contributed by atoms with Crippen molar-refractivity contribution in [2.24, 2.45) is 7.05 Å². The molecule has 7 heteroatoms. The second kappa shape index (κ2) is 7.20. The summed E-state index contributed by atoms with van der Waals surface area (Å²) in [6, 6.07) is 5.07. The van der Waals surface area contributed by atoms with Gasteiger partial charge in [0, 0.05) is 29.5 Å². The van der Waals surface area contributed by atoms with Crippen molar-refractivity contribution >= 4 is 40.9 Å². The van der Waals surface area contributed by atoms with Crippen LogP contribution in [-0.2, 0) is 11.8 Å². The lowest BCUT2D eigenvalue weighted by atomic mass is 10.1. The Hall–Kier alpha value is -1.17. The highest BCUT2D eigenvalue weighted by Gasteiger charge is 2.13. The van der Waals surface area contributed by atoms with Crippen molar-refractivity contribution in [1.82, 2.24) is 14.9 Å². The Labute approximate surface area is 137 Å². The second-order valence-corrected chi connectivity index (χ2v) is 6.35. The highest BCUT2D eigenvalue weighted by atomic mass is 35.5. The average molecular weight is 344 g/mol. The Kier molecular flexibility index (Phi) is 5.56. The van der Waals surface area contributed by atoms with Crippen LogP contribution in [0, 0.1) is 0 Å². The van der Waals surface area contributed by atoms with E-state index < -0.39 is 0 Å². The van der Waals surface area contributed by atoms with Crippen LogP contribution in [0.2, 0.25) is 10.0 Å². The summed E-state index contributed by atoms with van der Waals surface area (Å²) in [6.07, 6.45) is 3.55. The number of rotatable bonds is 5. The normalized spacial score (nSPS) is 12.2. The van der Waals surface area contributed by atoms with Crippen molar-refractivity contribution in [3.63, 3.8) is 0 Å². The molecule has 0 bridgehead atoms. The van der Waals surface area contributed by atoms with E-state index in [9.17, 15) is 4.79 Å². The molecule has 0 spiro atoms. The Morgan fingerprint density at radius 2 is 2.24 bits per heavy atom. The largest absolute Gasteiger partial charge is 0.349 e. The lowest BCUT2D eigenvalue weighted by Crippen LogP contribution is -2.28. The molecule has 0 aliphatic carbocycles. The molecule has 1 unspecified atom stereocenters. The van der Waals surface area contributed by atoms with Gasteiger partial charge in [-0.15, -0.1) is 0 Å². The van der Waals surface area contributed by atoms with Crippen LogP contribution in [0.5, 0.6) is 0 Å². The molecule has 0 fully saturated rings. The van der Waals surface area contributed by atoms with Gasteiger partial charge in [-0.3, -0.25) is 4.79 Å². The Morgan fingerprint density at radius 3 is 2.86 bits per heavy atom. The maximum atomic E-state index is 12.0. The third kappa shape index (κ3) is 4.40. The van der Waals surface area contributed by atoms with E-state index in [1.807, 2.05) is 30.8 Å². The van der Waals surface area contributed by atoms with Crippen molar-refractivity contribution in [3.05, 3.63) is 46.2 Å².